The molecule has 0 spiro atoms. The molecule has 3 nitrogen and oxygen atoms in total. The van der Waals surface area contributed by atoms with Crippen molar-refractivity contribution in [1.82, 2.24) is 5.32 Å². The average Bonchev–Trinajstić information content (AvgIpc) is 2.54. The van der Waals surface area contributed by atoms with E-state index < -0.39 is 0 Å². The molecule has 0 fully saturated rings. The van der Waals surface area contributed by atoms with Gasteiger partial charge in [-0.15, -0.1) is 25.2 Å². The van der Waals surface area contributed by atoms with Crippen molar-refractivity contribution in [3.8, 4) is 25.2 Å². The van der Waals surface area contributed by atoms with Crippen molar-refractivity contribution < 1.29 is 9.59 Å². The lowest BCUT2D eigenvalue weighted by molar-refractivity contribution is -0.120. The van der Waals surface area contributed by atoms with E-state index in [1.165, 1.54) is 0 Å². The number of Topliss-reactive ketones (excluding diaryl/α,β-unsaturated/α-hetero) is 1. The van der Waals surface area contributed by atoms with Crippen molar-refractivity contribution in [3.63, 3.8) is 0 Å². The van der Waals surface area contributed by atoms with Gasteiger partial charge in [-0.3, -0.25) is 9.59 Å². The smallest absolute Gasteiger partial charge is 0.220 e. The molecule has 0 radical (unpaired) electrons. The van der Waals surface area contributed by atoms with Crippen LogP contribution < -0.4 is 5.32 Å². The van der Waals surface area contributed by atoms with Gasteiger partial charge >= 0.3 is 0 Å². The Hall–Kier alpha value is -1.74. The Balaban J connectivity index is -0.000000111. The van der Waals surface area contributed by atoms with Crippen LogP contribution in [0.3, 0.4) is 0 Å². The van der Waals surface area contributed by atoms with E-state index in [9.17, 15) is 9.59 Å². The molecule has 0 aromatic heterocycles. The van der Waals surface area contributed by atoms with Crippen molar-refractivity contribution in [2.45, 2.75) is 66.7 Å². The van der Waals surface area contributed by atoms with E-state index in [0.29, 0.717) is 31.0 Å². The fraction of sp³-hybridized carbons (Fsp3) is 0.667. The van der Waals surface area contributed by atoms with Crippen molar-refractivity contribution in [1.29, 1.82) is 0 Å². The Morgan fingerprint density at radius 3 is 1.90 bits per heavy atom. The number of carbonyl (C=O) groups excluding carboxylic acids is 2. The van der Waals surface area contributed by atoms with Gasteiger partial charge in [0.1, 0.15) is 5.78 Å². The Morgan fingerprint density at radius 2 is 1.62 bits per heavy atom. The molecule has 0 aliphatic rings. The van der Waals surface area contributed by atoms with E-state index in [2.05, 4.69) is 37.9 Å². The van der Waals surface area contributed by atoms with Crippen LogP contribution in [-0.4, -0.2) is 18.7 Å². The summed E-state index contributed by atoms with van der Waals surface area (Å²) in [5.41, 5.74) is 0. The first-order chi connectivity index (χ1) is 9.97. The minimum Gasteiger partial charge on any atom is -0.359 e. The van der Waals surface area contributed by atoms with Crippen LogP contribution in [0.25, 0.3) is 0 Å². The van der Waals surface area contributed by atoms with Crippen molar-refractivity contribution >= 4 is 11.7 Å². The van der Waals surface area contributed by atoms with Crippen LogP contribution in [0.5, 0.6) is 0 Å². The second-order valence-corrected chi connectivity index (χ2v) is 4.20. The van der Waals surface area contributed by atoms with Crippen LogP contribution >= 0.6 is 0 Å². The minimum absolute atomic E-state index is 0.00273. The van der Waals surface area contributed by atoms with E-state index in [-0.39, 0.29) is 5.91 Å². The summed E-state index contributed by atoms with van der Waals surface area (Å²) in [6.45, 7) is 10.2. The molecule has 0 unspecified atom stereocenters. The Labute approximate surface area is 132 Å². The van der Waals surface area contributed by atoms with Crippen LogP contribution in [-0.2, 0) is 9.59 Å². The number of amides is 1. The Morgan fingerprint density at radius 1 is 1.14 bits per heavy atom. The number of terminal acetylenes is 2. The number of nitrogens with one attached hydrogen (secondary N) is 1. The van der Waals surface area contributed by atoms with Gasteiger partial charge in [-0.25, -0.2) is 0 Å². The molecular formula is C18H33NO2. The average molecular weight is 295 g/mol. The van der Waals surface area contributed by atoms with Gasteiger partial charge in [0, 0.05) is 32.7 Å². The third kappa shape index (κ3) is 38.1. The van der Waals surface area contributed by atoms with E-state index in [1.54, 1.807) is 7.05 Å². The summed E-state index contributed by atoms with van der Waals surface area (Å²) >= 11 is 0. The number of hydrogen-bond donors (Lipinski definition) is 1. The summed E-state index contributed by atoms with van der Waals surface area (Å²) in [6, 6.07) is 0. The van der Waals surface area contributed by atoms with Gasteiger partial charge in [0.25, 0.3) is 0 Å². The summed E-state index contributed by atoms with van der Waals surface area (Å²) in [5, 5.41) is 2.47. The zero-order valence-corrected chi connectivity index (χ0v) is 14.7. The molecule has 0 saturated carbocycles. The predicted octanol–water partition coefficient (Wildman–Crippen LogP) is 3.82. The molecule has 0 aromatic rings. The SMILES string of the molecule is C#C.C#CCCC(=O)NC.CC.CCC(=O)CCC(C)C. The van der Waals surface area contributed by atoms with Crippen molar-refractivity contribution in [2.75, 3.05) is 7.05 Å². The monoisotopic (exact) mass is 295 g/mol. The standard InChI is InChI=1S/C8H16O.C6H9NO.C2H6.C2H2/c1-4-8(9)6-5-7(2)3;1-3-4-5-6(8)7-2;2*1-2/h7H,4-6H2,1-3H3;1H,4-5H2,2H3,(H,7,8);1-2H3;1-2H. The third-order valence-corrected chi connectivity index (χ3v) is 2.17. The van der Waals surface area contributed by atoms with Gasteiger partial charge in [0.05, 0.1) is 0 Å². The highest BCUT2D eigenvalue weighted by Crippen LogP contribution is 2.04. The Kier molecular flexibility index (Phi) is 35.1. The molecule has 0 aliphatic heterocycles. The molecule has 21 heavy (non-hydrogen) atoms. The first-order valence-corrected chi connectivity index (χ1v) is 7.46. The second-order valence-electron chi connectivity index (χ2n) is 4.20. The highest BCUT2D eigenvalue weighted by molar-refractivity contribution is 5.77. The molecule has 1 N–H and O–H groups in total. The maximum Gasteiger partial charge on any atom is 0.220 e. The van der Waals surface area contributed by atoms with Crippen molar-refractivity contribution in [2.24, 2.45) is 5.92 Å². The maximum atomic E-state index is 10.7. The first kappa shape index (κ1) is 27.6. The highest BCUT2D eigenvalue weighted by Gasteiger charge is 1.99. The van der Waals surface area contributed by atoms with Gasteiger partial charge in [-0.05, 0) is 12.3 Å². The molecule has 122 valence electrons. The maximum absolute atomic E-state index is 10.7. The molecule has 1 amide bonds. The zero-order chi connectivity index (χ0) is 17.7. The number of carbonyl (C=O) groups is 2. The minimum atomic E-state index is 0.00273. The lowest BCUT2D eigenvalue weighted by atomic mass is 10.1. The van der Waals surface area contributed by atoms with E-state index in [1.807, 2.05) is 20.8 Å². The van der Waals surface area contributed by atoms with Crippen LogP contribution in [0.1, 0.15) is 66.7 Å². The first-order valence-electron chi connectivity index (χ1n) is 7.46. The van der Waals surface area contributed by atoms with Crippen molar-refractivity contribution in [3.05, 3.63) is 0 Å². The number of rotatable bonds is 6. The number of hydrogen-bond acceptors (Lipinski definition) is 2. The molecule has 0 bridgehead atoms. The van der Waals surface area contributed by atoms with Crippen LogP contribution in [0, 0.1) is 31.1 Å². The van der Waals surface area contributed by atoms with Gasteiger partial charge in [0.2, 0.25) is 5.91 Å². The number of ketones is 1. The van der Waals surface area contributed by atoms with Gasteiger partial charge in [-0.1, -0.05) is 34.6 Å². The molecule has 3 heteroatoms. The molecular weight excluding hydrogens is 262 g/mol. The molecule has 0 heterocycles. The third-order valence-electron chi connectivity index (χ3n) is 2.17. The van der Waals surface area contributed by atoms with Gasteiger partial charge in [0.15, 0.2) is 0 Å². The lowest BCUT2D eigenvalue weighted by Crippen LogP contribution is -2.16. The van der Waals surface area contributed by atoms with Gasteiger partial charge < -0.3 is 5.32 Å². The molecule has 0 aromatic carbocycles. The molecule has 0 rings (SSSR count). The lowest BCUT2D eigenvalue weighted by Gasteiger charge is -2.00. The summed E-state index contributed by atoms with van der Waals surface area (Å²) in [4.78, 5) is 21.1. The van der Waals surface area contributed by atoms with E-state index >= 15 is 0 Å². The fourth-order valence-electron chi connectivity index (χ4n) is 0.937. The molecule has 0 aliphatic carbocycles. The molecule has 0 saturated heterocycles. The van der Waals surface area contributed by atoms with E-state index in [4.69, 9.17) is 6.42 Å². The zero-order valence-electron chi connectivity index (χ0n) is 14.7. The normalized spacial score (nSPS) is 7.62. The molecule has 0 atom stereocenters. The Bertz CT molecular complexity index is 285. The summed E-state index contributed by atoms with van der Waals surface area (Å²) in [6.07, 6.45) is 16.4. The predicted molar refractivity (Wildman–Crippen MR) is 92.7 cm³/mol. The van der Waals surface area contributed by atoms with Crippen LogP contribution in [0.2, 0.25) is 0 Å². The summed E-state index contributed by atoms with van der Waals surface area (Å²) < 4.78 is 0. The van der Waals surface area contributed by atoms with Crippen LogP contribution in [0.4, 0.5) is 0 Å². The highest BCUT2D eigenvalue weighted by atomic mass is 16.1. The quantitative estimate of drug-likeness (QED) is 0.757. The van der Waals surface area contributed by atoms with E-state index in [0.717, 1.165) is 12.8 Å². The summed E-state index contributed by atoms with van der Waals surface area (Å²) in [7, 11) is 1.60. The largest absolute Gasteiger partial charge is 0.359 e. The topological polar surface area (TPSA) is 46.2 Å². The van der Waals surface area contributed by atoms with Crippen LogP contribution in [0.15, 0.2) is 0 Å². The second kappa shape index (κ2) is 26.8. The fourth-order valence-corrected chi connectivity index (χ4v) is 0.937. The van der Waals surface area contributed by atoms with Gasteiger partial charge in [-0.2, -0.15) is 0 Å². The summed E-state index contributed by atoms with van der Waals surface area (Å²) in [5.74, 6) is 3.43.